The maximum atomic E-state index is 8.87. The molecule has 4 aromatic rings. The fraction of sp³-hybridized carbons (Fsp3) is 0.355. The molecule has 0 aliphatic carbocycles. The largest absolute Gasteiger partial charge is 0.395 e. The van der Waals surface area contributed by atoms with Crippen LogP contribution in [0.5, 0.6) is 0 Å². The van der Waals surface area contributed by atoms with Crippen LogP contribution in [0.3, 0.4) is 0 Å². The average molecular weight is 527 g/mol. The summed E-state index contributed by atoms with van der Waals surface area (Å²) in [5, 5.41) is 16.3. The van der Waals surface area contributed by atoms with Crippen LogP contribution in [0, 0.1) is 11.8 Å². The second kappa shape index (κ2) is 13.4. The second-order valence-electron chi connectivity index (χ2n) is 9.59. The van der Waals surface area contributed by atoms with E-state index in [0.29, 0.717) is 18.8 Å². The monoisotopic (exact) mass is 526 g/mol. The Morgan fingerprint density at radius 3 is 2.59 bits per heavy atom. The molecule has 0 spiro atoms. The van der Waals surface area contributed by atoms with Crippen LogP contribution in [0.2, 0.25) is 0 Å². The highest BCUT2D eigenvalue weighted by atomic mass is 16.7. The van der Waals surface area contributed by atoms with Crippen LogP contribution < -0.4 is 5.32 Å². The number of imidazole rings is 1. The number of nitrogens with one attached hydrogen (secondary N) is 1. The van der Waals surface area contributed by atoms with E-state index in [1.54, 1.807) is 6.20 Å². The Morgan fingerprint density at radius 2 is 1.87 bits per heavy atom. The minimum atomic E-state index is -0.185. The van der Waals surface area contributed by atoms with Crippen molar-refractivity contribution >= 4 is 0 Å². The van der Waals surface area contributed by atoms with Gasteiger partial charge in [-0.05, 0) is 68.1 Å². The summed E-state index contributed by atoms with van der Waals surface area (Å²) < 4.78 is 19.5. The zero-order chi connectivity index (χ0) is 26.9. The highest BCUT2D eigenvalue weighted by Gasteiger charge is 2.21. The van der Waals surface area contributed by atoms with Crippen molar-refractivity contribution in [2.75, 3.05) is 19.8 Å². The lowest BCUT2D eigenvalue weighted by Crippen LogP contribution is -2.24. The van der Waals surface area contributed by atoms with Gasteiger partial charge in [-0.25, -0.2) is 4.98 Å². The highest BCUT2D eigenvalue weighted by molar-refractivity contribution is 5.59. The highest BCUT2D eigenvalue weighted by Crippen LogP contribution is 2.25. The van der Waals surface area contributed by atoms with E-state index in [1.165, 1.54) is 0 Å². The van der Waals surface area contributed by atoms with E-state index >= 15 is 0 Å². The Kier molecular flexibility index (Phi) is 9.20. The standard InChI is InChI=1S/C31H34N4O4/c1-23(38-30-4-2-3-19-37-30)31-33-15-17-35(31)22-28-20-29(39-34-28)27-13-11-25(12-14-27)6-5-24-7-9-26(10-8-24)21-32-16-18-36/h7-15,17,20,23,30,32,36H,2-4,16,18-19,21-22H2,1H3. The molecular weight excluding hydrogens is 492 g/mol. The number of aliphatic hydroxyl groups is 1. The predicted molar refractivity (Wildman–Crippen MR) is 148 cm³/mol. The van der Waals surface area contributed by atoms with E-state index < -0.39 is 0 Å². The first kappa shape index (κ1) is 26.9. The lowest BCUT2D eigenvalue weighted by molar-refractivity contribution is -0.188. The smallest absolute Gasteiger partial charge is 0.167 e. The fourth-order valence-electron chi connectivity index (χ4n) is 4.50. The van der Waals surface area contributed by atoms with Crippen molar-refractivity contribution in [2.24, 2.45) is 0 Å². The van der Waals surface area contributed by atoms with E-state index in [2.05, 4.69) is 27.3 Å². The number of rotatable bonds is 10. The minimum absolute atomic E-state index is 0.137. The first-order valence-corrected chi connectivity index (χ1v) is 13.4. The predicted octanol–water partition coefficient (Wildman–Crippen LogP) is 4.67. The molecule has 2 N–H and O–H groups in total. The average Bonchev–Trinajstić information content (AvgIpc) is 3.64. The van der Waals surface area contributed by atoms with Crippen LogP contribution in [-0.4, -0.2) is 45.9 Å². The van der Waals surface area contributed by atoms with Gasteiger partial charge < -0.3 is 29.0 Å². The molecule has 0 saturated carbocycles. The quantitative estimate of drug-likeness (QED) is 0.229. The molecule has 2 unspecified atom stereocenters. The van der Waals surface area contributed by atoms with Crippen LogP contribution >= 0.6 is 0 Å². The molecule has 202 valence electrons. The van der Waals surface area contributed by atoms with Crippen LogP contribution in [0.15, 0.2) is 71.5 Å². The molecule has 0 amide bonds. The molecule has 2 atom stereocenters. The number of ether oxygens (including phenoxy) is 2. The van der Waals surface area contributed by atoms with Crippen molar-refractivity contribution in [3.63, 3.8) is 0 Å². The van der Waals surface area contributed by atoms with Crippen LogP contribution in [0.1, 0.15) is 60.5 Å². The zero-order valence-corrected chi connectivity index (χ0v) is 22.2. The normalized spacial score (nSPS) is 16.0. The van der Waals surface area contributed by atoms with E-state index in [0.717, 1.165) is 66.2 Å². The lowest BCUT2D eigenvalue weighted by atomic mass is 10.1. The van der Waals surface area contributed by atoms with E-state index in [4.69, 9.17) is 19.1 Å². The van der Waals surface area contributed by atoms with Gasteiger partial charge in [-0.1, -0.05) is 29.1 Å². The van der Waals surface area contributed by atoms with Gasteiger partial charge in [0, 0.05) is 54.8 Å². The van der Waals surface area contributed by atoms with Crippen molar-refractivity contribution in [3.05, 3.63) is 95.2 Å². The minimum Gasteiger partial charge on any atom is -0.395 e. The van der Waals surface area contributed by atoms with Crippen LogP contribution in [-0.2, 0) is 22.6 Å². The zero-order valence-electron chi connectivity index (χ0n) is 22.2. The summed E-state index contributed by atoms with van der Waals surface area (Å²) in [4.78, 5) is 4.51. The number of nitrogens with zero attached hydrogens (tertiary/aromatic N) is 3. The van der Waals surface area contributed by atoms with Gasteiger partial charge >= 0.3 is 0 Å². The van der Waals surface area contributed by atoms with E-state index in [1.807, 2.05) is 72.3 Å². The number of hydrogen-bond acceptors (Lipinski definition) is 7. The number of hydrogen-bond donors (Lipinski definition) is 2. The molecule has 1 fully saturated rings. The first-order chi connectivity index (χ1) is 19.2. The van der Waals surface area contributed by atoms with Crippen LogP contribution in [0.25, 0.3) is 11.3 Å². The van der Waals surface area contributed by atoms with Crippen molar-refractivity contribution < 1.29 is 19.1 Å². The molecule has 1 aliphatic rings. The number of benzene rings is 2. The summed E-state index contributed by atoms with van der Waals surface area (Å²) in [6, 6.07) is 18.0. The molecule has 2 aromatic heterocycles. The van der Waals surface area contributed by atoms with Gasteiger partial charge in [-0.15, -0.1) is 0 Å². The Balaban J connectivity index is 1.18. The maximum absolute atomic E-state index is 8.87. The maximum Gasteiger partial charge on any atom is 0.167 e. The first-order valence-electron chi connectivity index (χ1n) is 13.4. The van der Waals surface area contributed by atoms with Gasteiger partial charge in [0.2, 0.25) is 0 Å². The SMILES string of the molecule is CC(OC1CCCCO1)c1nccn1Cc1cc(-c2ccc(C#Cc3ccc(CNCCO)cc3)cc2)on1. The Labute approximate surface area is 229 Å². The molecule has 8 nitrogen and oxygen atoms in total. The summed E-state index contributed by atoms with van der Waals surface area (Å²) in [7, 11) is 0. The fourth-order valence-corrected chi connectivity index (χ4v) is 4.50. The number of aromatic nitrogens is 3. The van der Waals surface area contributed by atoms with Crippen molar-refractivity contribution in [2.45, 2.75) is 51.7 Å². The molecule has 1 saturated heterocycles. The molecule has 0 bridgehead atoms. The van der Waals surface area contributed by atoms with E-state index in [9.17, 15) is 0 Å². The van der Waals surface area contributed by atoms with Crippen molar-refractivity contribution in [1.29, 1.82) is 0 Å². The third-order valence-corrected chi connectivity index (χ3v) is 6.59. The molecule has 2 aromatic carbocycles. The molecule has 1 aliphatic heterocycles. The second-order valence-corrected chi connectivity index (χ2v) is 9.59. The lowest BCUT2D eigenvalue weighted by Gasteiger charge is -2.26. The van der Waals surface area contributed by atoms with Gasteiger partial charge in [-0.2, -0.15) is 0 Å². The molecule has 0 radical (unpaired) electrons. The summed E-state index contributed by atoms with van der Waals surface area (Å²) in [5.41, 5.74) is 4.78. The summed E-state index contributed by atoms with van der Waals surface area (Å²) in [5.74, 6) is 7.97. The van der Waals surface area contributed by atoms with Gasteiger partial charge in [0.25, 0.3) is 0 Å². The molecular formula is C31H34N4O4. The third kappa shape index (κ3) is 7.43. The van der Waals surface area contributed by atoms with Crippen LogP contribution in [0.4, 0.5) is 0 Å². The van der Waals surface area contributed by atoms with E-state index in [-0.39, 0.29) is 19.0 Å². The number of aliphatic hydroxyl groups excluding tert-OH is 1. The van der Waals surface area contributed by atoms with Gasteiger partial charge in [0.05, 0.1) is 13.2 Å². The van der Waals surface area contributed by atoms with Gasteiger partial charge in [-0.3, -0.25) is 0 Å². The molecule has 8 heteroatoms. The molecule has 5 rings (SSSR count). The molecule has 39 heavy (non-hydrogen) atoms. The van der Waals surface area contributed by atoms with Crippen molar-refractivity contribution in [1.82, 2.24) is 20.0 Å². The topological polar surface area (TPSA) is 94.6 Å². The third-order valence-electron chi connectivity index (χ3n) is 6.59. The molecule has 3 heterocycles. The van der Waals surface area contributed by atoms with Crippen molar-refractivity contribution in [3.8, 4) is 23.2 Å². The summed E-state index contributed by atoms with van der Waals surface area (Å²) in [6.07, 6.45) is 6.49. The Morgan fingerprint density at radius 1 is 1.10 bits per heavy atom. The van der Waals surface area contributed by atoms with Gasteiger partial charge in [0.15, 0.2) is 12.1 Å². The summed E-state index contributed by atoms with van der Waals surface area (Å²) in [6.45, 7) is 4.75. The summed E-state index contributed by atoms with van der Waals surface area (Å²) >= 11 is 0. The van der Waals surface area contributed by atoms with Gasteiger partial charge in [0.1, 0.15) is 17.6 Å². The Bertz CT molecular complexity index is 1380. The Hall–Kier alpha value is -3.74.